The number of hydrogen-bond donors (Lipinski definition) is 8. The summed E-state index contributed by atoms with van der Waals surface area (Å²) in [5, 5.41) is 17.1. The summed E-state index contributed by atoms with van der Waals surface area (Å²) in [5.41, 5.74) is 6.86. The lowest BCUT2D eigenvalue weighted by molar-refractivity contribution is -0.143. The number of carbonyl (C=O) groups is 9. The summed E-state index contributed by atoms with van der Waals surface area (Å²) in [6.07, 6.45) is -0.507. The molecule has 1 aromatic heterocycles. The molecule has 9 atom stereocenters. The predicted octanol–water partition coefficient (Wildman–Crippen LogP) is 1.54. The lowest BCUT2D eigenvalue weighted by Crippen LogP contribution is -2.59. The molecule has 0 saturated carbocycles. The standard InChI is InChI=1S/C46H69N9O10SSi/c1-10-24(2)39-43(63)49-21-37(58)50-33-23-66-44-29(27-14-11-12-15-30(27)53-44)18-31(41(61)48-22-38(59)54-39)51-40(60)28(25(3)26(4)65-67(8,9)46(5,6)7)19-35(56)34-16-13-17-55(34)45(64)32(20-36(47)57)52-42(33)62/h11-12,14-15,24-26,28,31-34,39,53H,10,13,16-23H2,1-9H3,(H2,47,57)(H,48,61)(H,49,63)(H,50,58)(H,51,60)(H,52,62)(H,54,59)/t24-,25-,26?,28?,31?,32-,33?,34?,39-/m0/s1. The first-order chi connectivity index (χ1) is 31.4. The summed E-state index contributed by atoms with van der Waals surface area (Å²) in [5.74, 6) is -8.66. The maximum absolute atomic E-state index is 15.0. The Labute approximate surface area is 397 Å². The predicted molar refractivity (Wildman–Crippen MR) is 254 cm³/mol. The van der Waals surface area contributed by atoms with Gasteiger partial charge in [0.05, 0.1) is 30.6 Å². The number of H-pyrrole nitrogens is 1. The number of thioether (sulfide) groups is 1. The number of nitrogens with two attached hydrogens (primary N) is 1. The maximum atomic E-state index is 15.0. The second-order valence-electron chi connectivity index (χ2n) is 19.7. The molecule has 4 heterocycles. The Bertz CT molecular complexity index is 2230. The Balaban J connectivity index is 1.69. The summed E-state index contributed by atoms with van der Waals surface area (Å²) in [7, 11) is -2.43. The molecular formula is C46H69N9O10SSi. The third-order valence-corrected chi connectivity index (χ3v) is 19.6. The van der Waals surface area contributed by atoms with Gasteiger partial charge in [0.2, 0.25) is 47.3 Å². The Kier molecular flexibility index (Phi) is 17.5. The highest BCUT2D eigenvalue weighted by molar-refractivity contribution is 7.99. The minimum absolute atomic E-state index is 0.115. The molecule has 1 saturated heterocycles. The fourth-order valence-electron chi connectivity index (χ4n) is 8.47. The fourth-order valence-corrected chi connectivity index (χ4v) is 11.1. The van der Waals surface area contributed by atoms with Gasteiger partial charge in [-0.05, 0) is 61.4 Å². The fraction of sp³-hybridized carbons (Fsp3) is 0.630. The van der Waals surface area contributed by atoms with Crippen molar-refractivity contribution >= 4 is 84.0 Å². The minimum Gasteiger partial charge on any atom is -0.414 e. The van der Waals surface area contributed by atoms with Crippen molar-refractivity contribution < 1.29 is 47.6 Å². The number of benzene rings is 1. The van der Waals surface area contributed by atoms with Crippen LogP contribution >= 0.6 is 11.8 Å². The first-order valence-corrected chi connectivity index (χ1v) is 27.1. The van der Waals surface area contributed by atoms with Crippen LogP contribution in [0.3, 0.4) is 0 Å². The van der Waals surface area contributed by atoms with Gasteiger partial charge in [0.25, 0.3) is 0 Å². The van der Waals surface area contributed by atoms with E-state index in [0.29, 0.717) is 34.3 Å². The average Bonchev–Trinajstić information content (AvgIpc) is 3.89. The topological polar surface area (TPSA) is 280 Å². The second kappa shape index (κ2) is 22.2. The number of para-hydroxylation sites is 1. The quantitative estimate of drug-likeness (QED) is 0.176. The number of nitrogens with one attached hydrogen (secondary N) is 7. The molecule has 0 radical (unpaired) electrons. The molecule has 5 rings (SSSR count). The van der Waals surface area contributed by atoms with Crippen molar-refractivity contribution in [1.29, 1.82) is 0 Å². The van der Waals surface area contributed by atoms with Crippen molar-refractivity contribution in [3.05, 3.63) is 29.8 Å². The van der Waals surface area contributed by atoms with Gasteiger partial charge in [-0.25, -0.2) is 0 Å². The molecule has 3 aliphatic heterocycles. The zero-order chi connectivity index (χ0) is 49.5. The van der Waals surface area contributed by atoms with Gasteiger partial charge in [-0.1, -0.05) is 66.2 Å². The van der Waals surface area contributed by atoms with E-state index in [9.17, 15) is 38.4 Å². The van der Waals surface area contributed by atoms with Gasteiger partial charge >= 0.3 is 0 Å². The molecule has 8 amide bonds. The molecule has 19 nitrogen and oxygen atoms in total. The summed E-state index contributed by atoms with van der Waals surface area (Å²) >= 11 is 1.12. The van der Waals surface area contributed by atoms with Crippen LogP contribution in [0, 0.1) is 17.8 Å². The van der Waals surface area contributed by atoms with Crippen LogP contribution in [-0.2, 0) is 54.0 Å². The first-order valence-electron chi connectivity index (χ1n) is 23.2. The molecule has 9 N–H and O–H groups in total. The van der Waals surface area contributed by atoms with Gasteiger partial charge < -0.3 is 51.9 Å². The number of carbonyl (C=O) groups excluding carboxylic acids is 9. The van der Waals surface area contributed by atoms with E-state index in [4.69, 9.17) is 10.2 Å². The lowest BCUT2D eigenvalue weighted by atomic mass is 9.83. The van der Waals surface area contributed by atoms with Crippen molar-refractivity contribution in [2.45, 2.75) is 146 Å². The molecule has 1 aromatic carbocycles. The number of rotatable bonds is 8. The van der Waals surface area contributed by atoms with Crippen LogP contribution in [0.4, 0.5) is 0 Å². The summed E-state index contributed by atoms with van der Waals surface area (Å²) in [6, 6.07) is 0.875. The van der Waals surface area contributed by atoms with Crippen molar-refractivity contribution in [3.8, 4) is 0 Å². The molecule has 5 unspecified atom stereocenters. The maximum Gasteiger partial charge on any atom is 0.246 e. The van der Waals surface area contributed by atoms with Crippen LogP contribution in [0.2, 0.25) is 18.1 Å². The molecule has 21 heteroatoms. The Morgan fingerprint density at radius 3 is 2.18 bits per heavy atom. The Hall–Kier alpha value is -5.28. The number of aromatic amines is 1. The van der Waals surface area contributed by atoms with Crippen molar-refractivity contribution in [1.82, 2.24) is 41.8 Å². The molecule has 3 aliphatic rings. The van der Waals surface area contributed by atoms with Gasteiger partial charge in [0.1, 0.15) is 24.2 Å². The van der Waals surface area contributed by atoms with E-state index < -0.39 is 135 Å². The molecule has 368 valence electrons. The van der Waals surface area contributed by atoms with Gasteiger partial charge in [0.15, 0.2) is 14.1 Å². The van der Waals surface area contributed by atoms with Gasteiger partial charge in [0, 0.05) is 48.1 Å². The third kappa shape index (κ3) is 13.0. The smallest absolute Gasteiger partial charge is 0.246 e. The first kappa shape index (κ1) is 52.7. The van der Waals surface area contributed by atoms with Crippen LogP contribution in [0.15, 0.2) is 29.3 Å². The number of fused-ring (bicyclic) bond motifs is 5. The van der Waals surface area contributed by atoms with Crippen LogP contribution in [0.1, 0.15) is 86.1 Å². The number of amides is 8. The highest BCUT2D eigenvalue weighted by atomic mass is 32.2. The number of ketones is 1. The van der Waals surface area contributed by atoms with E-state index in [1.807, 2.05) is 32.9 Å². The Morgan fingerprint density at radius 2 is 1.52 bits per heavy atom. The van der Waals surface area contributed by atoms with E-state index >= 15 is 4.79 Å². The summed E-state index contributed by atoms with van der Waals surface area (Å²) in [4.78, 5) is 131. The van der Waals surface area contributed by atoms with Gasteiger partial charge in [-0.15, -0.1) is 11.8 Å². The van der Waals surface area contributed by atoms with E-state index in [2.05, 4.69) is 70.7 Å². The molecular weight excluding hydrogens is 899 g/mol. The van der Waals surface area contributed by atoms with E-state index in [1.165, 1.54) is 4.90 Å². The van der Waals surface area contributed by atoms with Gasteiger partial charge in [-0.3, -0.25) is 43.2 Å². The molecule has 67 heavy (non-hydrogen) atoms. The minimum atomic E-state index is -2.43. The largest absolute Gasteiger partial charge is 0.414 e. The number of aromatic nitrogens is 1. The molecule has 2 bridgehead atoms. The SMILES string of the molecule is CC[C@H](C)[C@@H]1NC(=O)CNC(=O)C2Cc3c([nH]c4ccccc34)SCC(NC(=O)CNC1=O)C(=O)N[C@@H](CC(N)=O)C(=O)N1CCCC1C(=O)CC([C@@H](C)C(C)O[Si](C)(C)C(C)(C)C)C(=O)N2. The third-order valence-electron chi connectivity index (χ3n) is 13.9. The Morgan fingerprint density at radius 1 is 0.866 bits per heavy atom. The molecule has 2 aromatic rings. The summed E-state index contributed by atoms with van der Waals surface area (Å²) in [6.45, 7) is 16.6. The van der Waals surface area contributed by atoms with Crippen LogP contribution in [0.25, 0.3) is 10.9 Å². The van der Waals surface area contributed by atoms with E-state index in [-0.39, 0.29) is 36.6 Å². The summed E-state index contributed by atoms with van der Waals surface area (Å²) < 4.78 is 6.78. The van der Waals surface area contributed by atoms with E-state index in [0.717, 1.165) is 11.8 Å². The number of nitrogens with zero attached hydrogens (tertiary/aromatic N) is 1. The van der Waals surface area contributed by atoms with Crippen molar-refractivity contribution in [2.75, 3.05) is 25.4 Å². The molecule has 0 spiro atoms. The average molecular weight is 968 g/mol. The van der Waals surface area contributed by atoms with Crippen LogP contribution < -0.4 is 37.6 Å². The highest BCUT2D eigenvalue weighted by Gasteiger charge is 2.45. The zero-order valence-electron chi connectivity index (χ0n) is 40.1. The second-order valence-corrected chi connectivity index (χ2v) is 25.5. The zero-order valence-corrected chi connectivity index (χ0v) is 41.9. The van der Waals surface area contributed by atoms with Crippen molar-refractivity contribution in [2.24, 2.45) is 23.5 Å². The number of hydrogen-bond acceptors (Lipinski definition) is 11. The normalized spacial score (nSPS) is 26.2. The van der Waals surface area contributed by atoms with Crippen LogP contribution in [-0.4, -0.2) is 133 Å². The van der Waals surface area contributed by atoms with Crippen LogP contribution in [0.5, 0.6) is 0 Å². The van der Waals surface area contributed by atoms with E-state index in [1.54, 1.807) is 19.1 Å². The molecule has 0 aliphatic carbocycles. The van der Waals surface area contributed by atoms with Crippen molar-refractivity contribution in [3.63, 3.8) is 0 Å². The highest BCUT2D eigenvalue weighted by Crippen LogP contribution is 2.39. The van der Waals surface area contributed by atoms with Gasteiger partial charge in [-0.2, -0.15) is 0 Å². The number of Topliss-reactive ketones (excluding diaryl/α,β-unsaturated/α-hetero) is 1. The number of primary amides is 1. The molecule has 1 fully saturated rings. The lowest BCUT2D eigenvalue weighted by Gasteiger charge is -2.41. The monoisotopic (exact) mass is 967 g/mol.